The largest absolute Gasteiger partial charge is 0.366 e. The lowest BCUT2D eigenvalue weighted by Crippen LogP contribution is -2.51. The molecule has 0 spiro atoms. The number of ether oxygens (including phenoxy) is 1. The summed E-state index contributed by atoms with van der Waals surface area (Å²) in [6.45, 7) is 2.86. The Hall–Kier alpha value is -0.610. The lowest BCUT2D eigenvalue weighted by Gasteiger charge is -2.37. The van der Waals surface area contributed by atoms with Gasteiger partial charge in [0.1, 0.15) is 6.10 Å². The topological polar surface area (TPSA) is 41.6 Å². The molecule has 0 aromatic carbocycles. The molecule has 3 saturated heterocycles. The molecule has 4 nitrogen and oxygen atoms in total. The zero-order valence-corrected chi connectivity index (χ0v) is 8.24. The average molecular weight is 196 g/mol. The Bertz CT molecular complexity index is 251. The maximum absolute atomic E-state index is 11.8. The van der Waals surface area contributed by atoms with Gasteiger partial charge in [-0.1, -0.05) is 0 Å². The first-order chi connectivity index (χ1) is 6.86. The van der Waals surface area contributed by atoms with Crippen molar-refractivity contribution >= 4 is 5.91 Å². The zero-order chi connectivity index (χ0) is 9.54. The summed E-state index contributed by atoms with van der Waals surface area (Å²) < 4.78 is 5.38. The Balaban J connectivity index is 1.74. The molecular weight excluding hydrogens is 180 g/mol. The summed E-state index contributed by atoms with van der Waals surface area (Å²) in [4.78, 5) is 14.0. The van der Waals surface area contributed by atoms with E-state index in [2.05, 4.69) is 10.2 Å². The highest BCUT2D eigenvalue weighted by Crippen LogP contribution is 2.32. The number of hydrogen-bond donors (Lipinski definition) is 1. The van der Waals surface area contributed by atoms with Crippen molar-refractivity contribution in [2.45, 2.75) is 37.5 Å². The van der Waals surface area contributed by atoms with Crippen LogP contribution < -0.4 is 5.32 Å². The number of hydrogen-bond acceptors (Lipinski definition) is 3. The van der Waals surface area contributed by atoms with Crippen molar-refractivity contribution in [3.8, 4) is 0 Å². The van der Waals surface area contributed by atoms with E-state index in [0.717, 1.165) is 39.0 Å². The first-order valence-electron chi connectivity index (χ1n) is 5.51. The van der Waals surface area contributed by atoms with Gasteiger partial charge in [-0.05, 0) is 25.9 Å². The van der Waals surface area contributed by atoms with Crippen LogP contribution >= 0.6 is 0 Å². The molecule has 78 valence electrons. The number of nitrogens with zero attached hydrogens (tertiary/aromatic N) is 1. The first kappa shape index (κ1) is 8.68. The zero-order valence-electron chi connectivity index (χ0n) is 8.24. The minimum Gasteiger partial charge on any atom is -0.366 e. The van der Waals surface area contributed by atoms with E-state index in [4.69, 9.17) is 4.74 Å². The maximum atomic E-state index is 11.8. The summed E-state index contributed by atoms with van der Waals surface area (Å²) in [5.41, 5.74) is 0. The van der Waals surface area contributed by atoms with Gasteiger partial charge in [-0.3, -0.25) is 4.79 Å². The van der Waals surface area contributed by atoms with Crippen LogP contribution in [0.25, 0.3) is 0 Å². The monoisotopic (exact) mass is 196 g/mol. The van der Waals surface area contributed by atoms with Crippen LogP contribution in [0.4, 0.5) is 0 Å². The highest BCUT2D eigenvalue weighted by atomic mass is 16.5. The summed E-state index contributed by atoms with van der Waals surface area (Å²) >= 11 is 0. The number of carbonyl (C=O) groups is 1. The van der Waals surface area contributed by atoms with Crippen molar-refractivity contribution in [1.29, 1.82) is 0 Å². The van der Waals surface area contributed by atoms with Crippen LogP contribution in [0.5, 0.6) is 0 Å². The van der Waals surface area contributed by atoms with E-state index >= 15 is 0 Å². The Labute approximate surface area is 83.6 Å². The number of piperidine rings is 1. The third-order valence-corrected chi connectivity index (χ3v) is 3.60. The van der Waals surface area contributed by atoms with Gasteiger partial charge in [0.25, 0.3) is 5.91 Å². The molecule has 0 aromatic rings. The Morgan fingerprint density at radius 1 is 1.29 bits per heavy atom. The van der Waals surface area contributed by atoms with E-state index in [1.54, 1.807) is 0 Å². The molecule has 2 bridgehead atoms. The van der Waals surface area contributed by atoms with Gasteiger partial charge >= 0.3 is 0 Å². The fourth-order valence-electron chi connectivity index (χ4n) is 2.89. The SMILES string of the molecule is O=C1C2CC(CO2)N1C1CCNCC1. The quantitative estimate of drug-likeness (QED) is 0.628. The molecule has 3 rings (SSSR count). The molecular formula is C10H16N2O2. The summed E-state index contributed by atoms with van der Waals surface area (Å²) in [6, 6.07) is 0.859. The predicted octanol–water partition coefficient (Wildman–Crippen LogP) is -0.262. The number of rotatable bonds is 1. The molecule has 4 heteroatoms. The fourth-order valence-corrected chi connectivity index (χ4v) is 2.89. The lowest BCUT2D eigenvalue weighted by molar-refractivity contribution is -0.147. The third-order valence-electron chi connectivity index (χ3n) is 3.60. The highest BCUT2D eigenvalue weighted by molar-refractivity contribution is 5.84. The van der Waals surface area contributed by atoms with E-state index in [1.807, 2.05) is 0 Å². The smallest absolute Gasteiger partial charge is 0.252 e. The van der Waals surface area contributed by atoms with Gasteiger partial charge < -0.3 is 15.0 Å². The molecule has 1 amide bonds. The van der Waals surface area contributed by atoms with Gasteiger partial charge in [0.2, 0.25) is 0 Å². The minimum absolute atomic E-state index is 0.102. The van der Waals surface area contributed by atoms with Crippen LogP contribution in [0.15, 0.2) is 0 Å². The van der Waals surface area contributed by atoms with Gasteiger partial charge in [0.15, 0.2) is 0 Å². The number of carbonyl (C=O) groups excluding carboxylic acids is 1. The average Bonchev–Trinajstić information content (AvgIpc) is 2.79. The number of morpholine rings is 1. The number of fused-ring (bicyclic) bond motifs is 2. The number of likely N-dealkylation sites (tertiary alicyclic amines) is 1. The molecule has 0 aromatic heterocycles. The molecule has 2 atom stereocenters. The van der Waals surface area contributed by atoms with Crippen LogP contribution in [-0.4, -0.2) is 48.7 Å². The molecule has 0 aliphatic carbocycles. The van der Waals surface area contributed by atoms with Gasteiger partial charge in [-0.25, -0.2) is 0 Å². The van der Waals surface area contributed by atoms with Crippen LogP contribution in [-0.2, 0) is 9.53 Å². The molecule has 3 aliphatic heterocycles. The van der Waals surface area contributed by atoms with Crippen molar-refractivity contribution in [1.82, 2.24) is 10.2 Å². The standard InChI is InChI=1S/C10H16N2O2/c13-10-9-5-8(6-14-9)12(10)7-1-3-11-4-2-7/h7-9,11H,1-6H2. The van der Waals surface area contributed by atoms with E-state index in [-0.39, 0.29) is 12.0 Å². The van der Waals surface area contributed by atoms with Crippen molar-refractivity contribution in [3.05, 3.63) is 0 Å². The second-order valence-corrected chi connectivity index (χ2v) is 4.44. The molecule has 1 N–H and O–H groups in total. The van der Waals surface area contributed by atoms with Crippen LogP contribution in [0, 0.1) is 0 Å². The summed E-state index contributed by atoms with van der Waals surface area (Å²) in [5.74, 6) is 0.244. The van der Waals surface area contributed by atoms with E-state index in [0.29, 0.717) is 12.1 Å². The molecule has 0 radical (unpaired) electrons. The molecule has 3 aliphatic rings. The second-order valence-electron chi connectivity index (χ2n) is 4.44. The Kier molecular flexibility index (Phi) is 1.99. The summed E-state index contributed by atoms with van der Waals surface area (Å²) in [5, 5.41) is 3.33. The predicted molar refractivity (Wildman–Crippen MR) is 50.9 cm³/mol. The molecule has 2 unspecified atom stereocenters. The summed E-state index contributed by atoms with van der Waals surface area (Å²) in [7, 11) is 0. The van der Waals surface area contributed by atoms with Gasteiger partial charge in [0.05, 0.1) is 12.6 Å². The first-order valence-corrected chi connectivity index (χ1v) is 5.51. The van der Waals surface area contributed by atoms with Crippen molar-refractivity contribution < 1.29 is 9.53 Å². The third kappa shape index (κ3) is 1.17. The van der Waals surface area contributed by atoms with Gasteiger partial charge in [0, 0.05) is 12.5 Å². The Morgan fingerprint density at radius 3 is 2.71 bits per heavy atom. The van der Waals surface area contributed by atoms with Crippen LogP contribution in [0.3, 0.4) is 0 Å². The molecule has 3 heterocycles. The second kappa shape index (κ2) is 3.21. The van der Waals surface area contributed by atoms with Crippen molar-refractivity contribution in [3.63, 3.8) is 0 Å². The van der Waals surface area contributed by atoms with E-state index in [1.165, 1.54) is 0 Å². The number of amides is 1. The van der Waals surface area contributed by atoms with Gasteiger partial charge in [-0.2, -0.15) is 0 Å². The van der Waals surface area contributed by atoms with E-state index < -0.39 is 0 Å². The summed E-state index contributed by atoms with van der Waals surface area (Å²) in [6.07, 6.45) is 3.04. The Morgan fingerprint density at radius 2 is 2.07 bits per heavy atom. The lowest BCUT2D eigenvalue weighted by atomic mass is 10.0. The van der Waals surface area contributed by atoms with Crippen molar-refractivity contribution in [2.75, 3.05) is 19.7 Å². The highest BCUT2D eigenvalue weighted by Gasteiger charge is 2.48. The van der Waals surface area contributed by atoms with Gasteiger partial charge in [-0.15, -0.1) is 0 Å². The fraction of sp³-hybridized carbons (Fsp3) is 0.900. The van der Waals surface area contributed by atoms with Crippen LogP contribution in [0.1, 0.15) is 19.3 Å². The van der Waals surface area contributed by atoms with Crippen molar-refractivity contribution in [2.24, 2.45) is 0 Å². The molecule has 0 saturated carbocycles. The maximum Gasteiger partial charge on any atom is 0.252 e. The van der Waals surface area contributed by atoms with Crippen LogP contribution in [0.2, 0.25) is 0 Å². The molecule has 14 heavy (non-hydrogen) atoms. The normalized spacial score (nSPS) is 38.3. The molecule has 3 fully saturated rings. The number of nitrogens with one attached hydrogen (secondary N) is 1. The van der Waals surface area contributed by atoms with E-state index in [9.17, 15) is 4.79 Å². The minimum atomic E-state index is -0.102.